The first-order valence-corrected chi connectivity index (χ1v) is 6.80. The first-order chi connectivity index (χ1) is 8.65. The van der Waals surface area contributed by atoms with Crippen molar-refractivity contribution in [3.8, 4) is 0 Å². The van der Waals surface area contributed by atoms with Crippen molar-refractivity contribution >= 4 is 12.0 Å². The normalized spacial score (nSPS) is 16.0. The first kappa shape index (κ1) is 14.8. The summed E-state index contributed by atoms with van der Waals surface area (Å²) in [5.41, 5.74) is 0. The number of ether oxygens (including phenoxy) is 1. The molecule has 0 saturated carbocycles. The summed E-state index contributed by atoms with van der Waals surface area (Å²) in [5.74, 6) is -0.243. The zero-order chi connectivity index (χ0) is 13.4. The molecule has 0 unspecified atom stereocenters. The second-order valence-corrected chi connectivity index (χ2v) is 4.66. The van der Waals surface area contributed by atoms with Crippen LogP contribution in [-0.2, 0) is 9.53 Å². The van der Waals surface area contributed by atoms with Crippen LogP contribution < -0.4 is 0 Å². The molecule has 1 heterocycles. The van der Waals surface area contributed by atoms with Crippen LogP contribution in [0.4, 0.5) is 4.79 Å². The molecule has 1 aliphatic rings. The smallest absolute Gasteiger partial charge is 0.319 e. The van der Waals surface area contributed by atoms with Crippen molar-refractivity contribution in [1.82, 2.24) is 9.80 Å². The van der Waals surface area contributed by atoms with Crippen molar-refractivity contribution in [3.05, 3.63) is 0 Å². The van der Waals surface area contributed by atoms with Gasteiger partial charge in [-0.1, -0.05) is 12.8 Å². The van der Waals surface area contributed by atoms with Crippen LogP contribution in [0.25, 0.3) is 0 Å². The highest BCUT2D eigenvalue weighted by Crippen LogP contribution is 2.11. The highest BCUT2D eigenvalue weighted by molar-refractivity contribution is 5.75. The van der Waals surface area contributed by atoms with Crippen molar-refractivity contribution in [2.45, 2.75) is 39.0 Å². The van der Waals surface area contributed by atoms with Gasteiger partial charge in [0.2, 0.25) is 0 Å². The summed E-state index contributed by atoms with van der Waals surface area (Å²) in [7, 11) is 1.74. The van der Waals surface area contributed by atoms with Crippen LogP contribution >= 0.6 is 0 Å². The van der Waals surface area contributed by atoms with Crippen molar-refractivity contribution in [3.63, 3.8) is 0 Å². The largest absolute Gasteiger partial charge is 0.466 e. The van der Waals surface area contributed by atoms with Crippen LogP contribution in [0, 0.1) is 0 Å². The predicted molar refractivity (Wildman–Crippen MR) is 69.3 cm³/mol. The lowest BCUT2D eigenvalue weighted by Crippen LogP contribution is -2.42. The third-order valence-corrected chi connectivity index (χ3v) is 3.16. The number of carbonyl (C=O) groups excluding carboxylic acids is 2. The van der Waals surface area contributed by atoms with Crippen LogP contribution in [0.5, 0.6) is 0 Å². The Hall–Kier alpha value is -1.26. The van der Waals surface area contributed by atoms with E-state index in [-0.39, 0.29) is 18.4 Å². The second-order valence-electron chi connectivity index (χ2n) is 4.66. The standard InChI is InChI=1S/C13H24N2O3/c1-3-18-12(16)8-11-14(2)13(17)15-9-6-4-5-7-10-15/h3-11H2,1-2H3. The van der Waals surface area contributed by atoms with Gasteiger partial charge in [0.05, 0.1) is 13.0 Å². The third-order valence-electron chi connectivity index (χ3n) is 3.16. The van der Waals surface area contributed by atoms with Crippen LogP contribution in [-0.4, -0.2) is 55.1 Å². The molecule has 2 amide bonds. The topological polar surface area (TPSA) is 49.9 Å². The molecule has 0 aromatic heterocycles. The van der Waals surface area contributed by atoms with E-state index in [2.05, 4.69) is 0 Å². The van der Waals surface area contributed by atoms with Gasteiger partial charge in [-0.3, -0.25) is 4.79 Å². The van der Waals surface area contributed by atoms with Gasteiger partial charge in [0.15, 0.2) is 0 Å². The fourth-order valence-corrected chi connectivity index (χ4v) is 2.09. The lowest BCUT2D eigenvalue weighted by atomic mass is 10.2. The molecule has 1 saturated heterocycles. The van der Waals surface area contributed by atoms with Gasteiger partial charge in [-0.15, -0.1) is 0 Å². The number of likely N-dealkylation sites (tertiary alicyclic amines) is 1. The van der Waals surface area contributed by atoms with Gasteiger partial charge in [-0.2, -0.15) is 0 Å². The molecule has 0 aromatic carbocycles. The van der Waals surface area contributed by atoms with E-state index in [0.717, 1.165) is 25.9 Å². The molecule has 1 aliphatic heterocycles. The van der Waals surface area contributed by atoms with E-state index in [1.165, 1.54) is 12.8 Å². The number of hydrogen-bond acceptors (Lipinski definition) is 3. The molecule has 5 nitrogen and oxygen atoms in total. The molecule has 0 N–H and O–H groups in total. The Morgan fingerprint density at radius 2 is 1.78 bits per heavy atom. The fourth-order valence-electron chi connectivity index (χ4n) is 2.09. The van der Waals surface area contributed by atoms with Crippen LogP contribution in [0.15, 0.2) is 0 Å². The molecule has 0 spiro atoms. The van der Waals surface area contributed by atoms with Gasteiger partial charge in [-0.25, -0.2) is 4.79 Å². The Labute approximate surface area is 109 Å². The number of carbonyl (C=O) groups is 2. The third kappa shape index (κ3) is 4.94. The maximum atomic E-state index is 12.1. The molecule has 0 radical (unpaired) electrons. The Bertz CT molecular complexity index is 273. The molecule has 18 heavy (non-hydrogen) atoms. The van der Waals surface area contributed by atoms with Crippen LogP contribution in [0.2, 0.25) is 0 Å². The number of esters is 1. The van der Waals surface area contributed by atoms with Crippen LogP contribution in [0.1, 0.15) is 39.0 Å². The first-order valence-electron chi connectivity index (χ1n) is 6.80. The highest BCUT2D eigenvalue weighted by Gasteiger charge is 2.19. The molecule has 1 rings (SSSR count). The molecule has 0 aromatic rings. The summed E-state index contributed by atoms with van der Waals surface area (Å²) >= 11 is 0. The maximum Gasteiger partial charge on any atom is 0.319 e. The fraction of sp³-hybridized carbons (Fsp3) is 0.846. The summed E-state index contributed by atoms with van der Waals surface area (Å²) < 4.78 is 4.85. The van der Waals surface area contributed by atoms with E-state index < -0.39 is 0 Å². The minimum absolute atomic E-state index is 0.0289. The predicted octanol–water partition coefficient (Wildman–Crippen LogP) is 1.87. The summed E-state index contributed by atoms with van der Waals surface area (Å²) in [6, 6.07) is 0.0289. The van der Waals surface area contributed by atoms with E-state index in [9.17, 15) is 9.59 Å². The second kappa shape index (κ2) is 7.95. The average Bonchev–Trinajstić information content (AvgIpc) is 2.64. The molecule has 104 valence electrons. The number of hydrogen-bond donors (Lipinski definition) is 0. The quantitative estimate of drug-likeness (QED) is 0.721. The lowest BCUT2D eigenvalue weighted by Gasteiger charge is -2.26. The molecular formula is C13H24N2O3. The van der Waals surface area contributed by atoms with Gasteiger partial charge < -0.3 is 14.5 Å². The minimum atomic E-state index is -0.243. The minimum Gasteiger partial charge on any atom is -0.466 e. The molecule has 0 aliphatic carbocycles. The van der Waals surface area contributed by atoms with Crippen molar-refractivity contribution < 1.29 is 14.3 Å². The molecule has 5 heteroatoms. The summed E-state index contributed by atoms with van der Waals surface area (Å²) in [6.45, 7) is 4.27. The Morgan fingerprint density at radius 1 is 1.17 bits per heavy atom. The van der Waals surface area contributed by atoms with E-state index in [0.29, 0.717) is 13.2 Å². The number of amides is 2. The average molecular weight is 256 g/mol. The van der Waals surface area contributed by atoms with Gasteiger partial charge in [-0.05, 0) is 19.8 Å². The monoisotopic (exact) mass is 256 g/mol. The number of nitrogens with zero attached hydrogens (tertiary/aromatic N) is 2. The Kier molecular flexibility index (Phi) is 6.54. The van der Waals surface area contributed by atoms with Gasteiger partial charge in [0, 0.05) is 26.7 Å². The highest BCUT2D eigenvalue weighted by atomic mass is 16.5. The summed E-state index contributed by atoms with van der Waals surface area (Å²) in [5, 5.41) is 0. The van der Waals surface area contributed by atoms with E-state index in [1.54, 1.807) is 18.9 Å². The Balaban J connectivity index is 2.33. The van der Waals surface area contributed by atoms with Crippen molar-refractivity contribution in [2.75, 3.05) is 33.3 Å². The van der Waals surface area contributed by atoms with Gasteiger partial charge >= 0.3 is 12.0 Å². The van der Waals surface area contributed by atoms with E-state index in [1.807, 2.05) is 4.90 Å². The van der Waals surface area contributed by atoms with Crippen molar-refractivity contribution in [2.24, 2.45) is 0 Å². The Morgan fingerprint density at radius 3 is 2.33 bits per heavy atom. The number of rotatable bonds is 4. The summed E-state index contributed by atoms with van der Waals surface area (Å²) in [6.07, 6.45) is 4.84. The SMILES string of the molecule is CCOC(=O)CCN(C)C(=O)N1CCCCCC1. The van der Waals surface area contributed by atoms with Gasteiger partial charge in [0.1, 0.15) is 0 Å². The molecule has 1 fully saturated rings. The van der Waals surface area contributed by atoms with Gasteiger partial charge in [0.25, 0.3) is 0 Å². The maximum absolute atomic E-state index is 12.1. The number of urea groups is 1. The molecular weight excluding hydrogens is 232 g/mol. The van der Waals surface area contributed by atoms with Crippen LogP contribution in [0.3, 0.4) is 0 Å². The van der Waals surface area contributed by atoms with E-state index in [4.69, 9.17) is 4.74 Å². The van der Waals surface area contributed by atoms with Crippen molar-refractivity contribution in [1.29, 1.82) is 0 Å². The lowest BCUT2D eigenvalue weighted by molar-refractivity contribution is -0.143. The van der Waals surface area contributed by atoms with E-state index >= 15 is 0 Å². The zero-order valence-corrected chi connectivity index (χ0v) is 11.5. The zero-order valence-electron chi connectivity index (χ0n) is 11.5. The molecule has 0 atom stereocenters. The summed E-state index contributed by atoms with van der Waals surface area (Å²) in [4.78, 5) is 26.8. The molecule has 0 bridgehead atoms.